The molecule has 4 aliphatic rings. The predicted octanol–water partition coefficient (Wildman–Crippen LogP) is 2.74. The average molecular weight is 421 g/mol. The van der Waals surface area contributed by atoms with Gasteiger partial charge in [0.15, 0.2) is 0 Å². The van der Waals surface area contributed by atoms with E-state index in [1.807, 2.05) is 6.92 Å². The van der Waals surface area contributed by atoms with Crippen molar-refractivity contribution in [3.05, 3.63) is 24.3 Å². The molecule has 29 heavy (non-hydrogen) atoms. The normalized spacial score (nSPS) is 28.9. The molecule has 0 aromatic heterocycles. The highest BCUT2D eigenvalue weighted by Gasteiger charge is 2.53. The van der Waals surface area contributed by atoms with Crippen LogP contribution >= 0.6 is 0 Å². The topological polar surface area (TPSA) is 59.1 Å². The van der Waals surface area contributed by atoms with Crippen molar-refractivity contribution >= 4 is 10.0 Å². The molecule has 6 nitrogen and oxygen atoms in total. The molecular weight excluding hydrogens is 388 g/mol. The van der Waals surface area contributed by atoms with Gasteiger partial charge in [0.1, 0.15) is 5.75 Å². The zero-order chi connectivity index (χ0) is 20.1. The molecule has 7 heteroatoms. The lowest BCUT2D eigenvalue weighted by molar-refractivity contribution is -0.198. The summed E-state index contributed by atoms with van der Waals surface area (Å²) in [6.45, 7) is 8.06. The summed E-state index contributed by atoms with van der Waals surface area (Å²) in [5.74, 6) is 0.710. The van der Waals surface area contributed by atoms with Crippen molar-refractivity contribution in [3.63, 3.8) is 0 Å². The van der Waals surface area contributed by atoms with Gasteiger partial charge in [-0.3, -0.25) is 4.90 Å². The molecule has 1 aromatic carbocycles. The van der Waals surface area contributed by atoms with E-state index in [0.29, 0.717) is 47.2 Å². The Morgan fingerprint density at radius 3 is 2.34 bits per heavy atom. The van der Waals surface area contributed by atoms with E-state index in [4.69, 9.17) is 9.47 Å². The first-order valence-corrected chi connectivity index (χ1v) is 12.4. The molecule has 1 unspecified atom stereocenters. The van der Waals surface area contributed by atoms with E-state index in [0.717, 1.165) is 26.1 Å². The van der Waals surface area contributed by atoms with Gasteiger partial charge in [-0.15, -0.1) is 0 Å². The van der Waals surface area contributed by atoms with E-state index in [2.05, 4.69) is 4.90 Å². The number of sulfonamides is 1. The van der Waals surface area contributed by atoms with Gasteiger partial charge in [-0.2, -0.15) is 4.31 Å². The van der Waals surface area contributed by atoms with Gasteiger partial charge in [0.2, 0.25) is 10.0 Å². The smallest absolute Gasteiger partial charge is 0.243 e. The van der Waals surface area contributed by atoms with E-state index in [1.165, 1.54) is 32.4 Å². The molecule has 3 aliphatic heterocycles. The summed E-state index contributed by atoms with van der Waals surface area (Å²) in [4.78, 5) is 3.02. The van der Waals surface area contributed by atoms with Crippen LogP contribution in [0, 0.1) is 10.8 Å². The fourth-order valence-electron chi connectivity index (χ4n) is 5.81. The van der Waals surface area contributed by atoms with Crippen LogP contribution in [-0.2, 0) is 14.8 Å². The molecule has 1 saturated carbocycles. The van der Waals surface area contributed by atoms with E-state index < -0.39 is 10.0 Å². The number of ether oxygens (including phenoxy) is 2. The summed E-state index contributed by atoms with van der Waals surface area (Å²) < 4.78 is 38.6. The van der Waals surface area contributed by atoms with Crippen LogP contribution in [0.3, 0.4) is 0 Å². The molecule has 0 N–H and O–H groups in total. The van der Waals surface area contributed by atoms with Gasteiger partial charge in [0.25, 0.3) is 0 Å². The number of piperidine rings is 1. The lowest BCUT2D eigenvalue weighted by Gasteiger charge is -2.57. The molecular formula is C22H32N2O4S. The van der Waals surface area contributed by atoms with Gasteiger partial charge in [-0.05, 0) is 68.7 Å². The fourth-order valence-corrected chi connectivity index (χ4v) is 7.26. The highest BCUT2D eigenvalue weighted by molar-refractivity contribution is 7.89. The maximum absolute atomic E-state index is 13.1. The number of rotatable bonds is 5. The Bertz CT molecular complexity index is 834. The molecule has 0 bridgehead atoms. The third-order valence-electron chi connectivity index (χ3n) is 7.64. The molecule has 5 rings (SSSR count). The van der Waals surface area contributed by atoms with Crippen LogP contribution in [0.4, 0.5) is 0 Å². The minimum Gasteiger partial charge on any atom is -0.494 e. The Balaban J connectivity index is 1.18. The summed E-state index contributed by atoms with van der Waals surface area (Å²) in [7, 11) is -3.42. The van der Waals surface area contributed by atoms with Gasteiger partial charge < -0.3 is 9.47 Å². The number of nitrogens with zero attached hydrogens (tertiary/aromatic N) is 2. The molecule has 3 saturated heterocycles. The Morgan fingerprint density at radius 1 is 1.07 bits per heavy atom. The summed E-state index contributed by atoms with van der Waals surface area (Å²) >= 11 is 0. The lowest BCUT2D eigenvalue weighted by atomic mass is 9.75. The Kier molecular flexibility index (Phi) is 4.93. The molecule has 4 fully saturated rings. The standard InChI is InChI=1S/C22H32N2O4S/c1-2-28-19-3-5-20(6-4-19)29(25,26)24-11-9-21(10-12-24)8-7-18(13-21)23-14-22(15-23)16-27-17-22/h3-6,18H,2,7-17H2,1H3. The van der Waals surface area contributed by atoms with Crippen molar-refractivity contribution in [2.75, 3.05) is 46.0 Å². The minimum absolute atomic E-state index is 0.342. The first-order chi connectivity index (χ1) is 13.9. The highest BCUT2D eigenvalue weighted by Crippen LogP contribution is 2.51. The molecule has 3 heterocycles. The number of benzene rings is 1. The molecule has 1 atom stereocenters. The van der Waals surface area contributed by atoms with Crippen molar-refractivity contribution < 1.29 is 17.9 Å². The van der Waals surface area contributed by atoms with Crippen LogP contribution in [-0.4, -0.2) is 69.7 Å². The average Bonchev–Trinajstić information content (AvgIpc) is 3.04. The van der Waals surface area contributed by atoms with E-state index >= 15 is 0 Å². The van der Waals surface area contributed by atoms with Crippen LogP contribution in [0.2, 0.25) is 0 Å². The van der Waals surface area contributed by atoms with Crippen LogP contribution in [0.5, 0.6) is 5.75 Å². The second kappa shape index (κ2) is 7.22. The molecule has 1 aliphatic carbocycles. The second-order valence-electron chi connectivity index (χ2n) is 9.60. The largest absolute Gasteiger partial charge is 0.494 e. The lowest BCUT2D eigenvalue weighted by Crippen LogP contribution is -2.67. The minimum atomic E-state index is -3.42. The van der Waals surface area contributed by atoms with Crippen molar-refractivity contribution in [1.29, 1.82) is 0 Å². The maximum Gasteiger partial charge on any atom is 0.243 e. The summed E-state index contributed by atoms with van der Waals surface area (Å²) in [5.41, 5.74) is 0.819. The molecule has 2 spiro atoms. The highest BCUT2D eigenvalue weighted by atomic mass is 32.2. The van der Waals surface area contributed by atoms with Crippen molar-refractivity contribution in [2.45, 2.75) is 50.0 Å². The zero-order valence-electron chi connectivity index (χ0n) is 17.3. The predicted molar refractivity (Wildman–Crippen MR) is 111 cm³/mol. The van der Waals surface area contributed by atoms with Gasteiger partial charge in [-0.25, -0.2) is 8.42 Å². The summed E-state index contributed by atoms with van der Waals surface area (Å²) in [5, 5.41) is 0. The second-order valence-corrected chi connectivity index (χ2v) is 11.5. The van der Waals surface area contributed by atoms with Crippen molar-refractivity contribution in [2.24, 2.45) is 10.8 Å². The number of hydrogen-bond acceptors (Lipinski definition) is 5. The zero-order valence-corrected chi connectivity index (χ0v) is 18.1. The first kappa shape index (κ1) is 19.8. The summed E-state index contributed by atoms with van der Waals surface area (Å²) in [6.07, 6.45) is 5.72. The third-order valence-corrected chi connectivity index (χ3v) is 9.55. The van der Waals surface area contributed by atoms with Crippen molar-refractivity contribution in [3.8, 4) is 5.75 Å². The quantitative estimate of drug-likeness (QED) is 0.733. The van der Waals surface area contributed by atoms with Crippen LogP contribution in [0.1, 0.15) is 39.0 Å². The van der Waals surface area contributed by atoms with Gasteiger partial charge in [0, 0.05) is 37.6 Å². The van der Waals surface area contributed by atoms with E-state index in [-0.39, 0.29) is 0 Å². The Labute approximate surface area is 174 Å². The fraction of sp³-hybridized carbons (Fsp3) is 0.727. The van der Waals surface area contributed by atoms with Gasteiger partial charge in [-0.1, -0.05) is 0 Å². The maximum atomic E-state index is 13.1. The molecule has 1 aromatic rings. The van der Waals surface area contributed by atoms with E-state index in [1.54, 1.807) is 28.6 Å². The van der Waals surface area contributed by atoms with E-state index in [9.17, 15) is 8.42 Å². The van der Waals surface area contributed by atoms with Crippen LogP contribution < -0.4 is 4.74 Å². The monoisotopic (exact) mass is 420 g/mol. The first-order valence-electron chi connectivity index (χ1n) is 11.0. The Hall–Kier alpha value is -1.15. The molecule has 160 valence electrons. The van der Waals surface area contributed by atoms with Crippen LogP contribution in [0.25, 0.3) is 0 Å². The molecule has 0 radical (unpaired) electrons. The van der Waals surface area contributed by atoms with Crippen LogP contribution in [0.15, 0.2) is 29.2 Å². The van der Waals surface area contributed by atoms with Crippen molar-refractivity contribution in [1.82, 2.24) is 9.21 Å². The summed E-state index contributed by atoms with van der Waals surface area (Å²) in [6, 6.07) is 7.52. The van der Waals surface area contributed by atoms with Gasteiger partial charge >= 0.3 is 0 Å². The molecule has 0 amide bonds. The number of likely N-dealkylation sites (tertiary alicyclic amines) is 1. The third kappa shape index (κ3) is 3.50. The van der Waals surface area contributed by atoms with Gasteiger partial charge in [0.05, 0.1) is 24.7 Å². The number of hydrogen-bond donors (Lipinski definition) is 0. The Morgan fingerprint density at radius 2 is 1.76 bits per heavy atom. The SMILES string of the molecule is CCOc1ccc(S(=O)(=O)N2CCC3(CCC(N4CC5(COC5)C4)C3)CC2)cc1.